The smallest absolute Gasteiger partial charge is 0.227 e. The van der Waals surface area contributed by atoms with E-state index in [-0.39, 0.29) is 17.7 Å². The molecule has 1 atom stereocenters. The van der Waals surface area contributed by atoms with Gasteiger partial charge in [-0.2, -0.15) is 0 Å². The molecule has 5 nitrogen and oxygen atoms in total. The van der Waals surface area contributed by atoms with Crippen LogP contribution < -0.4 is 10.2 Å². The number of anilines is 1. The number of amides is 2. The lowest BCUT2D eigenvalue weighted by Crippen LogP contribution is -2.45. The highest BCUT2D eigenvalue weighted by molar-refractivity contribution is 5.82. The number of nitrogens with zero attached hydrogens (tertiary/aromatic N) is 2. The highest BCUT2D eigenvalue weighted by Gasteiger charge is 2.28. The average molecular weight is 406 g/mol. The SMILES string of the molecule is O=C(NCc1ccc(N2CCCC2)cc1)C1CCCN(C(=O)Cc2ccccc2)C1. The van der Waals surface area contributed by atoms with Crippen LogP contribution in [0, 0.1) is 5.92 Å². The lowest BCUT2D eigenvalue weighted by Gasteiger charge is -2.32. The summed E-state index contributed by atoms with van der Waals surface area (Å²) < 4.78 is 0. The van der Waals surface area contributed by atoms with E-state index in [2.05, 4.69) is 34.5 Å². The van der Waals surface area contributed by atoms with Crippen LogP contribution in [-0.4, -0.2) is 42.9 Å². The Hall–Kier alpha value is -2.82. The Labute approximate surface area is 179 Å². The van der Waals surface area contributed by atoms with Crippen LogP contribution in [0.5, 0.6) is 0 Å². The highest BCUT2D eigenvalue weighted by Crippen LogP contribution is 2.21. The number of hydrogen-bond donors (Lipinski definition) is 1. The fourth-order valence-electron chi connectivity index (χ4n) is 4.43. The number of hydrogen-bond acceptors (Lipinski definition) is 3. The number of likely N-dealkylation sites (tertiary alicyclic amines) is 1. The molecule has 2 aliphatic rings. The summed E-state index contributed by atoms with van der Waals surface area (Å²) in [6.45, 7) is 4.07. The van der Waals surface area contributed by atoms with Crippen LogP contribution in [0.25, 0.3) is 0 Å². The molecule has 2 aromatic rings. The molecule has 0 aliphatic carbocycles. The number of nitrogens with one attached hydrogen (secondary N) is 1. The summed E-state index contributed by atoms with van der Waals surface area (Å²) in [5.74, 6) is 0.0365. The molecule has 0 saturated carbocycles. The largest absolute Gasteiger partial charge is 0.372 e. The lowest BCUT2D eigenvalue weighted by atomic mass is 9.96. The minimum absolute atomic E-state index is 0.0517. The summed E-state index contributed by atoms with van der Waals surface area (Å²) in [5, 5.41) is 3.08. The molecule has 4 rings (SSSR count). The van der Waals surface area contributed by atoms with Crippen molar-refractivity contribution in [2.75, 3.05) is 31.1 Å². The summed E-state index contributed by atoms with van der Waals surface area (Å²) in [6, 6.07) is 18.3. The summed E-state index contributed by atoms with van der Waals surface area (Å²) in [4.78, 5) is 29.6. The second kappa shape index (κ2) is 9.79. The Morgan fingerprint density at radius 2 is 1.60 bits per heavy atom. The third-order valence-electron chi connectivity index (χ3n) is 6.22. The van der Waals surface area contributed by atoms with Crippen molar-refractivity contribution in [2.24, 2.45) is 5.92 Å². The van der Waals surface area contributed by atoms with Gasteiger partial charge in [0.2, 0.25) is 11.8 Å². The normalized spacial score (nSPS) is 19.0. The number of benzene rings is 2. The number of piperidine rings is 1. The summed E-state index contributed by atoms with van der Waals surface area (Å²) in [6.07, 6.45) is 4.66. The van der Waals surface area contributed by atoms with E-state index in [9.17, 15) is 9.59 Å². The first-order chi connectivity index (χ1) is 14.7. The molecule has 2 amide bonds. The molecule has 158 valence electrons. The van der Waals surface area contributed by atoms with E-state index < -0.39 is 0 Å². The average Bonchev–Trinajstić information content (AvgIpc) is 3.33. The van der Waals surface area contributed by atoms with Crippen LogP contribution in [0.1, 0.15) is 36.8 Å². The quantitative estimate of drug-likeness (QED) is 0.802. The van der Waals surface area contributed by atoms with Gasteiger partial charge >= 0.3 is 0 Å². The van der Waals surface area contributed by atoms with Gasteiger partial charge in [0.15, 0.2) is 0 Å². The van der Waals surface area contributed by atoms with Crippen LogP contribution in [0.2, 0.25) is 0 Å². The molecule has 2 heterocycles. The van der Waals surface area contributed by atoms with E-state index in [1.807, 2.05) is 35.2 Å². The standard InChI is InChI=1S/C25H31N3O2/c29-24(17-20-7-2-1-3-8-20)28-16-6-9-22(19-28)25(30)26-18-21-10-12-23(13-11-21)27-14-4-5-15-27/h1-3,7-8,10-13,22H,4-6,9,14-19H2,(H,26,30). The van der Waals surface area contributed by atoms with Gasteiger partial charge in [-0.15, -0.1) is 0 Å². The Kier molecular flexibility index (Phi) is 6.67. The molecular weight excluding hydrogens is 374 g/mol. The molecule has 30 heavy (non-hydrogen) atoms. The number of carbonyl (C=O) groups is 2. The molecule has 5 heteroatoms. The van der Waals surface area contributed by atoms with Crippen molar-refractivity contribution < 1.29 is 9.59 Å². The maximum absolute atomic E-state index is 12.7. The van der Waals surface area contributed by atoms with E-state index in [1.165, 1.54) is 18.5 Å². The first-order valence-electron chi connectivity index (χ1n) is 11.1. The second-order valence-electron chi connectivity index (χ2n) is 8.42. The van der Waals surface area contributed by atoms with Crippen LogP contribution in [-0.2, 0) is 22.6 Å². The van der Waals surface area contributed by atoms with Gasteiger partial charge in [-0.1, -0.05) is 42.5 Å². The predicted molar refractivity (Wildman–Crippen MR) is 119 cm³/mol. The van der Waals surface area contributed by atoms with Gasteiger partial charge in [-0.25, -0.2) is 0 Å². The topological polar surface area (TPSA) is 52.7 Å². The van der Waals surface area contributed by atoms with Crippen molar-refractivity contribution in [2.45, 2.75) is 38.6 Å². The molecule has 0 radical (unpaired) electrons. The maximum Gasteiger partial charge on any atom is 0.227 e. The van der Waals surface area contributed by atoms with Crippen molar-refractivity contribution >= 4 is 17.5 Å². The molecule has 1 unspecified atom stereocenters. The Bertz CT molecular complexity index is 844. The lowest BCUT2D eigenvalue weighted by molar-refractivity contribution is -0.135. The van der Waals surface area contributed by atoms with E-state index in [1.54, 1.807) is 0 Å². The number of rotatable bonds is 6. The fraction of sp³-hybridized carbons (Fsp3) is 0.440. The van der Waals surface area contributed by atoms with Crippen LogP contribution >= 0.6 is 0 Å². The second-order valence-corrected chi connectivity index (χ2v) is 8.42. The molecule has 2 fully saturated rings. The molecule has 0 spiro atoms. The zero-order chi connectivity index (χ0) is 20.8. The van der Waals surface area contributed by atoms with Gasteiger partial charge in [-0.3, -0.25) is 9.59 Å². The van der Waals surface area contributed by atoms with Crippen LogP contribution in [0.4, 0.5) is 5.69 Å². The molecule has 2 aliphatic heterocycles. The maximum atomic E-state index is 12.7. The molecule has 0 bridgehead atoms. The first kappa shape index (κ1) is 20.5. The third kappa shape index (κ3) is 5.21. The summed E-state index contributed by atoms with van der Waals surface area (Å²) in [7, 11) is 0. The van der Waals surface area contributed by atoms with Gasteiger partial charge in [-0.05, 0) is 48.9 Å². The minimum Gasteiger partial charge on any atom is -0.372 e. The zero-order valence-corrected chi connectivity index (χ0v) is 17.6. The third-order valence-corrected chi connectivity index (χ3v) is 6.22. The van der Waals surface area contributed by atoms with E-state index in [4.69, 9.17) is 0 Å². The predicted octanol–water partition coefficient (Wildman–Crippen LogP) is 3.38. The first-order valence-corrected chi connectivity index (χ1v) is 11.1. The van der Waals surface area contributed by atoms with Crippen molar-refractivity contribution in [3.05, 3.63) is 65.7 Å². The van der Waals surface area contributed by atoms with Gasteiger partial charge in [0.05, 0.1) is 12.3 Å². The van der Waals surface area contributed by atoms with Crippen LogP contribution in [0.15, 0.2) is 54.6 Å². The molecule has 2 saturated heterocycles. The van der Waals surface area contributed by atoms with E-state index in [0.717, 1.165) is 43.6 Å². The monoisotopic (exact) mass is 405 g/mol. The molecule has 1 N–H and O–H groups in total. The Morgan fingerprint density at radius 1 is 0.867 bits per heavy atom. The minimum atomic E-state index is -0.123. The molecular formula is C25H31N3O2. The summed E-state index contributed by atoms with van der Waals surface area (Å²) in [5.41, 5.74) is 3.40. The van der Waals surface area contributed by atoms with Gasteiger partial charge in [0.25, 0.3) is 0 Å². The van der Waals surface area contributed by atoms with E-state index in [0.29, 0.717) is 19.5 Å². The van der Waals surface area contributed by atoms with Crippen molar-refractivity contribution in [1.29, 1.82) is 0 Å². The highest BCUT2D eigenvalue weighted by atomic mass is 16.2. The van der Waals surface area contributed by atoms with Crippen molar-refractivity contribution in [1.82, 2.24) is 10.2 Å². The van der Waals surface area contributed by atoms with Gasteiger partial charge < -0.3 is 15.1 Å². The Balaban J connectivity index is 1.26. The van der Waals surface area contributed by atoms with Crippen molar-refractivity contribution in [3.8, 4) is 0 Å². The molecule has 2 aromatic carbocycles. The number of carbonyl (C=O) groups excluding carboxylic acids is 2. The fourth-order valence-corrected chi connectivity index (χ4v) is 4.43. The zero-order valence-electron chi connectivity index (χ0n) is 17.6. The van der Waals surface area contributed by atoms with Crippen LogP contribution in [0.3, 0.4) is 0 Å². The Morgan fingerprint density at radius 3 is 2.33 bits per heavy atom. The van der Waals surface area contributed by atoms with Crippen molar-refractivity contribution in [3.63, 3.8) is 0 Å². The van der Waals surface area contributed by atoms with Gasteiger partial charge in [0.1, 0.15) is 0 Å². The van der Waals surface area contributed by atoms with Gasteiger partial charge in [0, 0.05) is 38.4 Å². The molecule has 0 aromatic heterocycles. The summed E-state index contributed by atoms with van der Waals surface area (Å²) >= 11 is 0. The van der Waals surface area contributed by atoms with E-state index >= 15 is 0 Å².